The molecule has 1 heterocycles. The quantitative estimate of drug-likeness (QED) is 0.508. The van der Waals surface area contributed by atoms with Crippen LogP contribution in [0.4, 0.5) is 0 Å². The molecule has 0 bridgehead atoms. The summed E-state index contributed by atoms with van der Waals surface area (Å²) in [5.41, 5.74) is 4.68. The maximum Gasteiger partial charge on any atom is 0.241 e. The van der Waals surface area contributed by atoms with Gasteiger partial charge in [-0.05, 0) is 23.8 Å². The van der Waals surface area contributed by atoms with Crippen molar-refractivity contribution in [2.45, 2.75) is 13.0 Å². The summed E-state index contributed by atoms with van der Waals surface area (Å²) in [6.07, 6.45) is 1.99. The zero-order chi connectivity index (χ0) is 21.2. The van der Waals surface area contributed by atoms with E-state index in [1.165, 1.54) is 5.56 Å². The number of carbonyl (C=O) groups excluding carboxylic acids is 1. The van der Waals surface area contributed by atoms with Gasteiger partial charge < -0.3 is 14.4 Å². The molecule has 1 N–H and O–H groups in total. The summed E-state index contributed by atoms with van der Waals surface area (Å²) in [4.78, 5) is 16.9. The minimum Gasteiger partial charge on any atom is -0.497 e. The standard InChI is InChI=1S/C23H30N4O3/c1-29-21-8-9-22(30-2)20(16-21)17-24-25-23(28)10-11-26-12-14-27(15-13-26)18-19-6-4-3-5-7-19/h3-9,16-17H,10-15,18H2,1-2H3,(H,25,28). The topological polar surface area (TPSA) is 66.4 Å². The fraction of sp³-hybridized carbons (Fsp3) is 0.391. The highest BCUT2D eigenvalue weighted by atomic mass is 16.5. The minimum atomic E-state index is -0.0974. The van der Waals surface area contributed by atoms with E-state index >= 15 is 0 Å². The number of hydrogen-bond donors (Lipinski definition) is 1. The third kappa shape index (κ3) is 6.57. The molecule has 0 radical (unpaired) electrons. The van der Waals surface area contributed by atoms with Crippen LogP contribution in [0.2, 0.25) is 0 Å². The molecule has 1 aliphatic rings. The van der Waals surface area contributed by atoms with E-state index in [4.69, 9.17) is 9.47 Å². The van der Waals surface area contributed by atoms with Crippen molar-refractivity contribution in [3.63, 3.8) is 0 Å². The lowest BCUT2D eigenvalue weighted by Crippen LogP contribution is -2.46. The lowest BCUT2D eigenvalue weighted by Gasteiger charge is -2.34. The van der Waals surface area contributed by atoms with Crippen molar-refractivity contribution in [3.05, 3.63) is 59.7 Å². The molecule has 7 nitrogen and oxygen atoms in total. The molecule has 0 saturated carbocycles. The zero-order valence-electron chi connectivity index (χ0n) is 17.7. The van der Waals surface area contributed by atoms with Gasteiger partial charge in [0.05, 0.1) is 20.4 Å². The Bertz CT molecular complexity index is 834. The van der Waals surface area contributed by atoms with Gasteiger partial charge in [0.1, 0.15) is 11.5 Å². The van der Waals surface area contributed by atoms with Crippen LogP contribution in [0.1, 0.15) is 17.5 Å². The number of nitrogens with one attached hydrogen (secondary N) is 1. The van der Waals surface area contributed by atoms with E-state index in [2.05, 4.69) is 44.6 Å². The molecule has 0 spiro atoms. The third-order valence-electron chi connectivity index (χ3n) is 5.20. The fourth-order valence-electron chi connectivity index (χ4n) is 3.44. The Balaban J connectivity index is 1.38. The lowest BCUT2D eigenvalue weighted by molar-refractivity contribution is -0.121. The van der Waals surface area contributed by atoms with E-state index in [0.717, 1.165) is 44.8 Å². The normalized spacial score (nSPS) is 15.3. The molecule has 0 aromatic heterocycles. The molecule has 0 unspecified atom stereocenters. The number of hydrazone groups is 1. The van der Waals surface area contributed by atoms with Crippen molar-refractivity contribution < 1.29 is 14.3 Å². The first-order chi connectivity index (χ1) is 14.7. The number of benzene rings is 2. The van der Waals surface area contributed by atoms with E-state index in [1.54, 1.807) is 26.5 Å². The molecule has 7 heteroatoms. The van der Waals surface area contributed by atoms with E-state index in [-0.39, 0.29) is 5.91 Å². The largest absolute Gasteiger partial charge is 0.497 e. The molecule has 2 aromatic rings. The second kappa shape index (κ2) is 11.3. The molecule has 3 rings (SSSR count). The van der Waals surface area contributed by atoms with Crippen LogP contribution in [0.25, 0.3) is 0 Å². The molecule has 30 heavy (non-hydrogen) atoms. The number of rotatable bonds is 9. The average molecular weight is 411 g/mol. The van der Waals surface area contributed by atoms with Gasteiger partial charge in [-0.15, -0.1) is 0 Å². The summed E-state index contributed by atoms with van der Waals surface area (Å²) >= 11 is 0. The van der Waals surface area contributed by atoms with Gasteiger partial charge in [-0.1, -0.05) is 30.3 Å². The van der Waals surface area contributed by atoms with Gasteiger partial charge >= 0.3 is 0 Å². The molecule has 0 aliphatic carbocycles. The summed E-state index contributed by atoms with van der Waals surface area (Å²) < 4.78 is 10.5. The third-order valence-corrected chi connectivity index (χ3v) is 5.20. The van der Waals surface area contributed by atoms with Crippen LogP contribution in [-0.2, 0) is 11.3 Å². The molecule has 1 aliphatic heterocycles. The number of piperazine rings is 1. The number of hydrogen-bond acceptors (Lipinski definition) is 6. The van der Waals surface area contributed by atoms with Crippen LogP contribution in [-0.4, -0.2) is 68.9 Å². The van der Waals surface area contributed by atoms with Crippen LogP contribution in [0, 0.1) is 0 Å². The summed E-state index contributed by atoms with van der Waals surface area (Å²) in [7, 11) is 3.20. The van der Waals surface area contributed by atoms with Crippen molar-refractivity contribution in [3.8, 4) is 11.5 Å². The Labute approximate surface area is 178 Å². The fourth-order valence-corrected chi connectivity index (χ4v) is 3.44. The molecular formula is C23H30N4O3. The van der Waals surface area contributed by atoms with Gasteiger partial charge in [-0.3, -0.25) is 9.69 Å². The van der Waals surface area contributed by atoms with Gasteiger partial charge in [0, 0.05) is 51.3 Å². The summed E-state index contributed by atoms with van der Waals surface area (Å²) in [6.45, 7) is 5.71. The Kier molecular flexibility index (Phi) is 8.23. The molecule has 2 aromatic carbocycles. The van der Waals surface area contributed by atoms with Gasteiger partial charge in [-0.2, -0.15) is 5.10 Å². The van der Waals surface area contributed by atoms with Crippen molar-refractivity contribution in [1.82, 2.24) is 15.2 Å². The number of ether oxygens (including phenoxy) is 2. The number of carbonyl (C=O) groups is 1. The number of nitrogens with zero attached hydrogens (tertiary/aromatic N) is 3. The van der Waals surface area contributed by atoms with E-state index < -0.39 is 0 Å². The van der Waals surface area contributed by atoms with Gasteiger partial charge in [0.15, 0.2) is 0 Å². The van der Waals surface area contributed by atoms with E-state index in [1.807, 2.05) is 18.2 Å². The summed E-state index contributed by atoms with van der Waals surface area (Å²) in [5, 5.41) is 4.06. The maximum absolute atomic E-state index is 12.1. The maximum atomic E-state index is 12.1. The van der Waals surface area contributed by atoms with Crippen LogP contribution < -0.4 is 14.9 Å². The van der Waals surface area contributed by atoms with Crippen LogP contribution in [0.15, 0.2) is 53.6 Å². The second-order valence-corrected chi connectivity index (χ2v) is 7.25. The van der Waals surface area contributed by atoms with Crippen LogP contribution in [0.5, 0.6) is 11.5 Å². The Morgan fingerprint density at radius 3 is 2.47 bits per heavy atom. The van der Waals surface area contributed by atoms with Gasteiger partial charge in [0.2, 0.25) is 5.91 Å². The highest BCUT2D eigenvalue weighted by Gasteiger charge is 2.17. The Morgan fingerprint density at radius 1 is 1.03 bits per heavy atom. The molecule has 0 atom stereocenters. The molecule has 1 saturated heterocycles. The van der Waals surface area contributed by atoms with E-state index in [0.29, 0.717) is 17.9 Å². The molecule has 160 valence electrons. The van der Waals surface area contributed by atoms with Crippen molar-refractivity contribution in [2.24, 2.45) is 5.10 Å². The predicted octanol–water partition coefficient (Wildman–Crippen LogP) is 2.36. The minimum absolute atomic E-state index is 0.0974. The van der Waals surface area contributed by atoms with Crippen LogP contribution in [0.3, 0.4) is 0 Å². The van der Waals surface area contributed by atoms with Crippen LogP contribution >= 0.6 is 0 Å². The highest BCUT2D eigenvalue weighted by molar-refractivity contribution is 5.85. The lowest BCUT2D eigenvalue weighted by atomic mass is 10.2. The predicted molar refractivity (Wildman–Crippen MR) is 118 cm³/mol. The Hall–Kier alpha value is -2.90. The summed E-state index contributed by atoms with van der Waals surface area (Å²) in [5.74, 6) is 1.27. The van der Waals surface area contributed by atoms with Gasteiger partial charge in [-0.25, -0.2) is 5.43 Å². The first-order valence-electron chi connectivity index (χ1n) is 10.2. The zero-order valence-corrected chi connectivity index (χ0v) is 17.7. The second-order valence-electron chi connectivity index (χ2n) is 7.25. The Morgan fingerprint density at radius 2 is 1.77 bits per heavy atom. The number of amides is 1. The SMILES string of the molecule is COc1ccc(OC)c(C=NNC(=O)CCN2CCN(Cc3ccccc3)CC2)c1. The molecule has 1 fully saturated rings. The van der Waals surface area contributed by atoms with Crippen molar-refractivity contribution in [1.29, 1.82) is 0 Å². The average Bonchev–Trinajstić information content (AvgIpc) is 2.79. The van der Waals surface area contributed by atoms with Crippen molar-refractivity contribution in [2.75, 3.05) is 46.9 Å². The molecule has 1 amide bonds. The summed E-state index contributed by atoms with van der Waals surface area (Å²) in [6, 6.07) is 16.0. The van der Waals surface area contributed by atoms with Crippen molar-refractivity contribution >= 4 is 12.1 Å². The number of methoxy groups -OCH3 is 2. The monoisotopic (exact) mass is 410 g/mol. The van der Waals surface area contributed by atoms with E-state index in [9.17, 15) is 4.79 Å². The first-order valence-corrected chi connectivity index (χ1v) is 10.2. The smallest absolute Gasteiger partial charge is 0.241 e. The highest BCUT2D eigenvalue weighted by Crippen LogP contribution is 2.22. The molecular weight excluding hydrogens is 380 g/mol. The van der Waals surface area contributed by atoms with Gasteiger partial charge in [0.25, 0.3) is 0 Å². The first kappa shape index (κ1) is 21.8.